The van der Waals surface area contributed by atoms with Crippen LogP contribution in [-0.4, -0.2) is 12.1 Å². The third-order valence-corrected chi connectivity index (χ3v) is 13.6. The van der Waals surface area contributed by atoms with Gasteiger partial charge in [-0.3, -0.25) is 4.79 Å². The second-order valence-electron chi connectivity index (χ2n) is 14.8. The van der Waals surface area contributed by atoms with Crippen LogP contribution in [0.15, 0.2) is 12.2 Å². The minimum absolute atomic E-state index is 0.0863. The van der Waals surface area contributed by atoms with Crippen LogP contribution in [0.25, 0.3) is 0 Å². The van der Waals surface area contributed by atoms with E-state index in [0.717, 1.165) is 36.0 Å². The van der Waals surface area contributed by atoms with Gasteiger partial charge >= 0.3 is 5.97 Å². The SMILES string of the molecule is CCC(C=CC(C)C1CCC2(C)C3CCC4C(C)C(OC(C)=O)CCC45CC35CCC12C)C(C)C. The predicted octanol–water partition coefficient (Wildman–Crippen LogP) is 8.84. The number of rotatable bonds is 6. The summed E-state index contributed by atoms with van der Waals surface area (Å²) in [5, 5.41) is 0. The molecule has 35 heavy (non-hydrogen) atoms. The van der Waals surface area contributed by atoms with E-state index in [0.29, 0.717) is 33.5 Å². The molecule has 0 amide bonds. The molecule has 2 nitrogen and oxygen atoms in total. The van der Waals surface area contributed by atoms with Crippen LogP contribution in [-0.2, 0) is 9.53 Å². The van der Waals surface area contributed by atoms with Gasteiger partial charge in [-0.05, 0) is 127 Å². The molecule has 0 N–H and O–H groups in total. The second-order valence-corrected chi connectivity index (χ2v) is 14.8. The van der Waals surface area contributed by atoms with E-state index in [2.05, 4.69) is 60.6 Å². The smallest absolute Gasteiger partial charge is 0.302 e. The van der Waals surface area contributed by atoms with Gasteiger partial charge in [-0.1, -0.05) is 60.6 Å². The molecule has 2 heteroatoms. The standard InChI is InChI=1S/C33H54O2/c1-9-25(21(2)3)11-10-22(4)26-14-16-31(8)29-13-12-27-23(5)28(35-24(6)34)15-17-32(27)20-33(29,32)19-18-30(26,31)7/h10-11,21-23,25-29H,9,12-20H2,1-8H3. The molecule has 0 saturated heterocycles. The normalized spacial score (nSPS) is 50.1. The van der Waals surface area contributed by atoms with Gasteiger partial charge < -0.3 is 4.74 Å². The number of ether oxygens (including phenoxy) is 1. The maximum absolute atomic E-state index is 11.7. The van der Waals surface area contributed by atoms with Crippen LogP contribution in [0.2, 0.25) is 0 Å². The van der Waals surface area contributed by atoms with Crippen LogP contribution < -0.4 is 0 Å². The fourth-order valence-corrected chi connectivity index (χ4v) is 11.6. The number of hydrogen-bond acceptors (Lipinski definition) is 2. The highest BCUT2D eigenvalue weighted by atomic mass is 16.5. The van der Waals surface area contributed by atoms with Crippen LogP contribution >= 0.6 is 0 Å². The summed E-state index contributed by atoms with van der Waals surface area (Å²) >= 11 is 0. The van der Waals surface area contributed by atoms with Gasteiger partial charge in [-0.2, -0.15) is 0 Å². The number of carbonyl (C=O) groups is 1. The molecule has 11 unspecified atom stereocenters. The first-order valence-corrected chi connectivity index (χ1v) is 15.3. The Labute approximate surface area is 216 Å². The number of allylic oxidation sites excluding steroid dienone is 2. The lowest BCUT2D eigenvalue weighted by Crippen LogP contribution is -2.56. The van der Waals surface area contributed by atoms with Crippen molar-refractivity contribution >= 4 is 5.97 Å². The summed E-state index contributed by atoms with van der Waals surface area (Å²) in [6.07, 6.45) is 19.0. The van der Waals surface area contributed by atoms with Crippen LogP contribution in [0.3, 0.4) is 0 Å². The van der Waals surface area contributed by atoms with Crippen molar-refractivity contribution in [1.29, 1.82) is 0 Å². The molecule has 5 aliphatic rings. The first-order valence-electron chi connectivity index (χ1n) is 15.3. The fourth-order valence-electron chi connectivity index (χ4n) is 11.6. The Morgan fingerprint density at radius 3 is 2.34 bits per heavy atom. The van der Waals surface area contributed by atoms with Gasteiger partial charge in [0.1, 0.15) is 6.10 Å². The van der Waals surface area contributed by atoms with Crippen LogP contribution in [0.1, 0.15) is 120 Å². The highest BCUT2D eigenvalue weighted by Gasteiger charge is 2.81. The average Bonchev–Trinajstić information content (AvgIpc) is 3.38. The summed E-state index contributed by atoms with van der Waals surface area (Å²) < 4.78 is 5.81. The van der Waals surface area contributed by atoms with Crippen molar-refractivity contribution in [3.8, 4) is 0 Å². The van der Waals surface area contributed by atoms with Crippen molar-refractivity contribution in [2.75, 3.05) is 0 Å². The minimum atomic E-state index is -0.0863. The highest BCUT2D eigenvalue weighted by molar-refractivity contribution is 5.66. The van der Waals surface area contributed by atoms with E-state index >= 15 is 0 Å². The largest absolute Gasteiger partial charge is 0.462 e. The van der Waals surface area contributed by atoms with Crippen LogP contribution in [0, 0.1) is 63.1 Å². The molecular weight excluding hydrogens is 428 g/mol. The first kappa shape index (κ1) is 25.8. The summed E-state index contributed by atoms with van der Waals surface area (Å²) in [5.74, 6) is 5.10. The molecule has 0 aromatic rings. The van der Waals surface area contributed by atoms with Crippen molar-refractivity contribution in [3.05, 3.63) is 12.2 Å². The molecule has 5 rings (SSSR count). The van der Waals surface area contributed by atoms with E-state index in [-0.39, 0.29) is 12.1 Å². The van der Waals surface area contributed by atoms with Gasteiger partial charge in [0.2, 0.25) is 0 Å². The minimum Gasteiger partial charge on any atom is -0.462 e. The monoisotopic (exact) mass is 482 g/mol. The molecule has 0 aliphatic heterocycles. The number of carbonyl (C=O) groups excluding carboxylic acids is 1. The van der Waals surface area contributed by atoms with Gasteiger partial charge in [0.05, 0.1) is 0 Å². The maximum atomic E-state index is 11.7. The Bertz CT molecular complexity index is 859. The lowest BCUT2D eigenvalue weighted by atomic mass is 9.43. The van der Waals surface area contributed by atoms with E-state index in [1.165, 1.54) is 57.8 Å². The predicted molar refractivity (Wildman–Crippen MR) is 145 cm³/mol. The van der Waals surface area contributed by atoms with Gasteiger partial charge in [0.15, 0.2) is 0 Å². The molecule has 0 bridgehead atoms. The Morgan fingerprint density at radius 2 is 1.69 bits per heavy atom. The van der Waals surface area contributed by atoms with Gasteiger partial charge in [0.25, 0.3) is 0 Å². The lowest BCUT2D eigenvalue weighted by molar-refractivity contribution is -0.164. The molecular formula is C33H54O2. The molecule has 2 spiro atoms. The third-order valence-electron chi connectivity index (χ3n) is 13.6. The Morgan fingerprint density at radius 1 is 0.943 bits per heavy atom. The van der Waals surface area contributed by atoms with E-state index in [9.17, 15) is 4.79 Å². The molecule has 5 aliphatic carbocycles. The Hall–Kier alpha value is -0.790. The zero-order valence-electron chi connectivity index (χ0n) is 24.2. The van der Waals surface area contributed by atoms with Crippen LogP contribution in [0.4, 0.5) is 0 Å². The van der Waals surface area contributed by atoms with Crippen molar-refractivity contribution in [2.45, 2.75) is 126 Å². The van der Waals surface area contributed by atoms with Crippen molar-refractivity contribution in [1.82, 2.24) is 0 Å². The average molecular weight is 483 g/mol. The third kappa shape index (κ3) is 3.49. The molecule has 0 heterocycles. The molecule has 198 valence electrons. The topological polar surface area (TPSA) is 26.3 Å². The first-order chi connectivity index (χ1) is 16.5. The number of esters is 1. The van der Waals surface area contributed by atoms with Gasteiger partial charge in [-0.25, -0.2) is 0 Å². The van der Waals surface area contributed by atoms with Crippen molar-refractivity contribution < 1.29 is 9.53 Å². The summed E-state index contributed by atoms with van der Waals surface area (Å²) in [7, 11) is 0. The molecule has 5 fully saturated rings. The summed E-state index contributed by atoms with van der Waals surface area (Å²) in [6.45, 7) is 19.1. The van der Waals surface area contributed by atoms with Crippen LogP contribution in [0.5, 0.6) is 0 Å². The van der Waals surface area contributed by atoms with E-state index in [1.54, 1.807) is 6.92 Å². The molecule has 5 saturated carbocycles. The quantitative estimate of drug-likeness (QED) is 0.279. The molecule has 11 atom stereocenters. The number of fused-ring (bicyclic) bond motifs is 2. The zero-order chi connectivity index (χ0) is 25.4. The number of hydrogen-bond donors (Lipinski definition) is 0. The summed E-state index contributed by atoms with van der Waals surface area (Å²) in [4.78, 5) is 11.7. The van der Waals surface area contributed by atoms with Crippen molar-refractivity contribution in [2.24, 2.45) is 63.1 Å². The second kappa shape index (κ2) is 8.62. The van der Waals surface area contributed by atoms with E-state index < -0.39 is 0 Å². The maximum Gasteiger partial charge on any atom is 0.302 e. The van der Waals surface area contributed by atoms with Gasteiger partial charge in [0, 0.05) is 6.92 Å². The van der Waals surface area contributed by atoms with E-state index in [4.69, 9.17) is 4.74 Å². The summed E-state index contributed by atoms with van der Waals surface area (Å²) in [5.41, 5.74) is 2.12. The van der Waals surface area contributed by atoms with Crippen molar-refractivity contribution in [3.63, 3.8) is 0 Å². The zero-order valence-corrected chi connectivity index (χ0v) is 24.2. The Kier molecular flexibility index (Phi) is 6.37. The summed E-state index contributed by atoms with van der Waals surface area (Å²) in [6, 6.07) is 0. The molecule has 0 aromatic heterocycles. The molecule has 0 radical (unpaired) electrons. The van der Waals surface area contributed by atoms with Gasteiger partial charge in [-0.15, -0.1) is 0 Å². The lowest BCUT2D eigenvalue weighted by Gasteiger charge is -2.62. The Balaban J connectivity index is 1.36. The highest BCUT2D eigenvalue weighted by Crippen LogP contribution is 2.88. The molecule has 0 aromatic carbocycles. The fraction of sp³-hybridized carbons (Fsp3) is 0.909. The van der Waals surface area contributed by atoms with E-state index in [1.807, 2.05) is 0 Å².